The molecule has 1 aromatic carbocycles. The van der Waals surface area contributed by atoms with E-state index < -0.39 is 4.92 Å². The Bertz CT molecular complexity index is 476. The molecule has 0 aliphatic heterocycles. The zero-order valence-electron chi connectivity index (χ0n) is 10.5. The van der Waals surface area contributed by atoms with E-state index in [0.29, 0.717) is 0 Å². The molecule has 0 spiro atoms. The summed E-state index contributed by atoms with van der Waals surface area (Å²) in [6.07, 6.45) is 0.817. The van der Waals surface area contributed by atoms with Crippen LogP contribution in [-0.4, -0.2) is 28.8 Å². The van der Waals surface area contributed by atoms with Crippen LogP contribution in [0.25, 0.3) is 0 Å². The Hall–Kier alpha value is -1.62. The van der Waals surface area contributed by atoms with E-state index in [0.717, 1.165) is 6.42 Å². The molecule has 0 fully saturated rings. The van der Waals surface area contributed by atoms with Crippen LogP contribution in [0.1, 0.15) is 30.6 Å². The highest BCUT2D eigenvalue weighted by molar-refractivity contribution is 6.32. The van der Waals surface area contributed by atoms with Gasteiger partial charge in [0.1, 0.15) is 5.02 Å². The maximum atomic E-state index is 12.1. The number of nitro benzene ring substituents is 1. The second-order valence-corrected chi connectivity index (χ2v) is 4.50. The lowest BCUT2D eigenvalue weighted by atomic mass is 10.1. The fourth-order valence-corrected chi connectivity index (χ4v) is 1.65. The van der Waals surface area contributed by atoms with Gasteiger partial charge in [0.05, 0.1) is 4.92 Å². The average Bonchev–Trinajstić information content (AvgIpc) is 2.36. The molecule has 0 aliphatic rings. The van der Waals surface area contributed by atoms with Crippen LogP contribution >= 0.6 is 11.6 Å². The third kappa shape index (κ3) is 2.98. The second-order valence-electron chi connectivity index (χ2n) is 4.10. The quantitative estimate of drug-likeness (QED) is 0.624. The maximum absolute atomic E-state index is 12.1. The van der Waals surface area contributed by atoms with Gasteiger partial charge < -0.3 is 4.90 Å². The van der Waals surface area contributed by atoms with Crippen LogP contribution < -0.4 is 0 Å². The van der Waals surface area contributed by atoms with Gasteiger partial charge in [-0.25, -0.2) is 0 Å². The van der Waals surface area contributed by atoms with E-state index in [2.05, 4.69) is 0 Å². The average molecular weight is 271 g/mol. The molecule has 0 saturated heterocycles. The molecule has 1 rings (SSSR count). The highest BCUT2D eigenvalue weighted by Crippen LogP contribution is 2.25. The predicted molar refractivity (Wildman–Crippen MR) is 70.0 cm³/mol. The number of rotatable bonds is 4. The van der Waals surface area contributed by atoms with E-state index in [4.69, 9.17) is 11.6 Å². The zero-order chi connectivity index (χ0) is 13.9. The molecule has 5 nitrogen and oxygen atoms in total. The van der Waals surface area contributed by atoms with E-state index in [1.54, 1.807) is 11.9 Å². The fraction of sp³-hybridized carbons (Fsp3) is 0.417. The van der Waals surface area contributed by atoms with Gasteiger partial charge in [-0.05, 0) is 25.5 Å². The summed E-state index contributed by atoms with van der Waals surface area (Å²) in [7, 11) is 1.68. The molecule has 0 bridgehead atoms. The molecular weight excluding hydrogens is 256 g/mol. The molecule has 1 aromatic rings. The molecule has 1 amide bonds. The van der Waals surface area contributed by atoms with Crippen molar-refractivity contribution in [2.24, 2.45) is 0 Å². The Morgan fingerprint density at radius 2 is 2.17 bits per heavy atom. The lowest BCUT2D eigenvalue weighted by Gasteiger charge is -2.23. The highest BCUT2D eigenvalue weighted by Gasteiger charge is 2.20. The summed E-state index contributed by atoms with van der Waals surface area (Å²) in [4.78, 5) is 23.8. The molecule has 0 radical (unpaired) electrons. The highest BCUT2D eigenvalue weighted by atomic mass is 35.5. The Labute approximate surface area is 110 Å². The SMILES string of the molecule is CCC(C)N(C)C(=O)c1ccc(Cl)c([N+](=O)[O-])c1. The molecule has 0 N–H and O–H groups in total. The minimum absolute atomic E-state index is 0.0303. The van der Waals surface area contributed by atoms with E-state index in [9.17, 15) is 14.9 Å². The third-order valence-corrected chi connectivity index (χ3v) is 3.28. The first-order chi connectivity index (χ1) is 8.38. The summed E-state index contributed by atoms with van der Waals surface area (Å²) in [5, 5.41) is 10.8. The lowest BCUT2D eigenvalue weighted by Crippen LogP contribution is -2.34. The first-order valence-corrected chi connectivity index (χ1v) is 5.97. The van der Waals surface area contributed by atoms with Gasteiger partial charge in [-0.1, -0.05) is 18.5 Å². The van der Waals surface area contributed by atoms with Crippen LogP contribution in [0.15, 0.2) is 18.2 Å². The molecular formula is C12H15ClN2O3. The number of hydrogen-bond acceptors (Lipinski definition) is 3. The van der Waals surface area contributed by atoms with Crippen molar-refractivity contribution in [3.05, 3.63) is 38.9 Å². The Morgan fingerprint density at radius 3 is 2.67 bits per heavy atom. The molecule has 0 saturated carbocycles. The molecule has 6 heteroatoms. The summed E-state index contributed by atoms with van der Waals surface area (Å²) in [6.45, 7) is 3.89. The minimum Gasteiger partial charge on any atom is -0.339 e. The predicted octanol–water partition coefficient (Wildman–Crippen LogP) is 3.12. The Morgan fingerprint density at radius 1 is 1.56 bits per heavy atom. The lowest BCUT2D eigenvalue weighted by molar-refractivity contribution is -0.384. The molecule has 18 heavy (non-hydrogen) atoms. The Kier molecular flexibility index (Phi) is 4.67. The van der Waals surface area contributed by atoms with Crippen molar-refractivity contribution in [2.75, 3.05) is 7.05 Å². The second kappa shape index (κ2) is 5.82. The first-order valence-electron chi connectivity index (χ1n) is 5.59. The molecule has 1 unspecified atom stereocenters. The molecule has 0 heterocycles. The summed E-state index contributed by atoms with van der Waals surface area (Å²) in [5.41, 5.74) is 0.0222. The van der Waals surface area contributed by atoms with Crippen molar-refractivity contribution in [1.29, 1.82) is 0 Å². The van der Waals surface area contributed by atoms with Crippen LogP contribution in [0.3, 0.4) is 0 Å². The van der Waals surface area contributed by atoms with Gasteiger partial charge >= 0.3 is 0 Å². The summed E-state index contributed by atoms with van der Waals surface area (Å²) in [6, 6.07) is 4.16. The standard InChI is InChI=1S/C12H15ClN2O3/c1-4-8(2)14(3)12(16)9-5-6-10(13)11(7-9)15(17)18/h5-8H,4H2,1-3H3. The largest absolute Gasteiger partial charge is 0.339 e. The van der Waals surface area contributed by atoms with E-state index in [1.165, 1.54) is 18.2 Å². The van der Waals surface area contributed by atoms with Crippen LogP contribution in [0.4, 0.5) is 5.69 Å². The number of nitrogens with zero attached hydrogens (tertiary/aromatic N) is 2. The van der Waals surface area contributed by atoms with Crippen LogP contribution in [0.2, 0.25) is 5.02 Å². The van der Waals surface area contributed by atoms with Crippen molar-refractivity contribution in [3.63, 3.8) is 0 Å². The van der Waals surface area contributed by atoms with Gasteiger partial charge in [-0.2, -0.15) is 0 Å². The number of benzene rings is 1. The number of amides is 1. The number of halogens is 1. The van der Waals surface area contributed by atoms with Gasteiger partial charge in [0.2, 0.25) is 0 Å². The first kappa shape index (κ1) is 14.4. The minimum atomic E-state index is -0.595. The summed E-state index contributed by atoms with van der Waals surface area (Å²) < 4.78 is 0. The molecule has 0 aliphatic carbocycles. The van der Waals surface area contributed by atoms with Crippen molar-refractivity contribution >= 4 is 23.2 Å². The van der Waals surface area contributed by atoms with Gasteiger partial charge in [-0.15, -0.1) is 0 Å². The van der Waals surface area contributed by atoms with Crippen LogP contribution in [0, 0.1) is 10.1 Å². The third-order valence-electron chi connectivity index (χ3n) is 2.96. The van der Waals surface area contributed by atoms with Crippen molar-refractivity contribution in [3.8, 4) is 0 Å². The topological polar surface area (TPSA) is 63.5 Å². The number of hydrogen-bond donors (Lipinski definition) is 0. The normalized spacial score (nSPS) is 12.0. The van der Waals surface area contributed by atoms with Crippen LogP contribution in [-0.2, 0) is 0 Å². The maximum Gasteiger partial charge on any atom is 0.288 e. The van der Waals surface area contributed by atoms with Gasteiger partial charge in [-0.3, -0.25) is 14.9 Å². The van der Waals surface area contributed by atoms with Gasteiger partial charge in [0.15, 0.2) is 0 Å². The van der Waals surface area contributed by atoms with Crippen molar-refractivity contribution < 1.29 is 9.72 Å². The van der Waals surface area contributed by atoms with Crippen molar-refractivity contribution in [2.45, 2.75) is 26.3 Å². The number of carbonyl (C=O) groups is 1. The van der Waals surface area contributed by atoms with Gasteiger partial charge in [0.25, 0.3) is 11.6 Å². The van der Waals surface area contributed by atoms with Gasteiger partial charge in [0, 0.05) is 24.7 Å². The van der Waals surface area contributed by atoms with Crippen LogP contribution in [0.5, 0.6) is 0 Å². The summed E-state index contributed by atoms with van der Waals surface area (Å²) >= 11 is 5.70. The number of nitro groups is 1. The smallest absolute Gasteiger partial charge is 0.288 e. The monoisotopic (exact) mass is 270 g/mol. The van der Waals surface area contributed by atoms with E-state index >= 15 is 0 Å². The fourth-order valence-electron chi connectivity index (χ4n) is 1.46. The molecule has 98 valence electrons. The van der Waals surface area contributed by atoms with E-state index in [1.807, 2.05) is 13.8 Å². The zero-order valence-corrected chi connectivity index (χ0v) is 11.3. The van der Waals surface area contributed by atoms with E-state index in [-0.39, 0.29) is 28.2 Å². The molecule has 0 aromatic heterocycles. The molecule has 1 atom stereocenters. The number of carbonyl (C=O) groups excluding carboxylic acids is 1. The van der Waals surface area contributed by atoms with Crippen molar-refractivity contribution in [1.82, 2.24) is 4.90 Å². The summed E-state index contributed by atoms with van der Waals surface area (Å²) in [5.74, 6) is -0.246. The Balaban J connectivity index is 3.07.